The molecular formula is C23H25N7O3S. The molecule has 34 heavy (non-hydrogen) atoms. The van der Waals surface area contributed by atoms with Gasteiger partial charge in [0.15, 0.2) is 5.82 Å². The Labute approximate surface area is 201 Å². The summed E-state index contributed by atoms with van der Waals surface area (Å²) in [7, 11) is 4.79. The van der Waals surface area contributed by atoms with Gasteiger partial charge in [-0.15, -0.1) is 10.2 Å². The topological polar surface area (TPSA) is 109 Å². The van der Waals surface area contributed by atoms with Gasteiger partial charge in [0.25, 0.3) is 0 Å². The van der Waals surface area contributed by atoms with Gasteiger partial charge < -0.3 is 14.2 Å². The summed E-state index contributed by atoms with van der Waals surface area (Å²) in [6.07, 6.45) is 4.32. The lowest BCUT2D eigenvalue weighted by atomic mass is 10.2. The summed E-state index contributed by atoms with van der Waals surface area (Å²) in [4.78, 5) is 13.2. The number of hydrogen-bond acceptors (Lipinski definition) is 10. The molecule has 0 spiro atoms. The number of aryl methyl sites for hydroxylation is 2. The molecule has 0 radical (unpaired) electrons. The van der Waals surface area contributed by atoms with Gasteiger partial charge in [-0.3, -0.25) is 19.3 Å². The molecule has 1 aromatic carbocycles. The molecule has 4 rings (SSSR count). The van der Waals surface area contributed by atoms with Crippen molar-refractivity contribution in [3.8, 4) is 34.6 Å². The lowest BCUT2D eigenvalue weighted by Gasteiger charge is -2.17. The molecule has 0 saturated carbocycles. The first kappa shape index (κ1) is 23.3. The van der Waals surface area contributed by atoms with Crippen molar-refractivity contribution in [3.05, 3.63) is 60.2 Å². The number of pyridine rings is 1. The van der Waals surface area contributed by atoms with Gasteiger partial charge in [0.05, 0.1) is 32.7 Å². The van der Waals surface area contributed by atoms with Gasteiger partial charge in [-0.1, -0.05) is 12.1 Å². The Morgan fingerprint density at radius 1 is 0.912 bits per heavy atom. The second-order valence-electron chi connectivity index (χ2n) is 7.11. The summed E-state index contributed by atoms with van der Waals surface area (Å²) in [6, 6.07) is 11.0. The molecule has 3 aromatic heterocycles. The van der Waals surface area contributed by atoms with Crippen molar-refractivity contribution in [2.24, 2.45) is 0 Å². The number of anilines is 1. The quantitative estimate of drug-likeness (QED) is 0.267. The fourth-order valence-electron chi connectivity index (χ4n) is 3.25. The minimum absolute atomic E-state index is 0.474. The van der Waals surface area contributed by atoms with E-state index < -0.39 is 0 Å². The van der Waals surface area contributed by atoms with Crippen LogP contribution < -0.4 is 18.9 Å². The summed E-state index contributed by atoms with van der Waals surface area (Å²) in [6.45, 7) is 1.92. The fraction of sp³-hybridized carbons (Fsp3) is 0.261. The molecule has 0 aliphatic rings. The summed E-state index contributed by atoms with van der Waals surface area (Å²) in [5.74, 6) is 3.44. The van der Waals surface area contributed by atoms with Crippen LogP contribution in [0.1, 0.15) is 11.4 Å². The van der Waals surface area contributed by atoms with Crippen LogP contribution >= 0.6 is 11.9 Å². The predicted molar refractivity (Wildman–Crippen MR) is 131 cm³/mol. The summed E-state index contributed by atoms with van der Waals surface area (Å²) in [5.41, 5.74) is 3.07. The van der Waals surface area contributed by atoms with Gasteiger partial charge in [0.1, 0.15) is 22.9 Å². The molecule has 0 atom stereocenters. The Morgan fingerprint density at radius 2 is 1.68 bits per heavy atom. The van der Waals surface area contributed by atoms with Crippen LogP contribution in [0.3, 0.4) is 0 Å². The SMILES string of the molecule is COc1cccc(-c2nnc(NSCCc3cnc(C)cn3)n2-c2c(OC)cccc2OC)n1. The number of para-hydroxylation sites is 1. The molecule has 0 unspecified atom stereocenters. The first-order valence-corrected chi connectivity index (χ1v) is 11.5. The summed E-state index contributed by atoms with van der Waals surface area (Å²) < 4.78 is 21.7. The Kier molecular flexibility index (Phi) is 7.43. The third kappa shape index (κ3) is 5.04. The van der Waals surface area contributed by atoms with E-state index in [-0.39, 0.29) is 0 Å². The first-order valence-electron chi connectivity index (χ1n) is 10.5. The maximum absolute atomic E-state index is 5.64. The van der Waals surface area contributed by atoms with Gasteiger partial charge >= 0.3 is 0 Å². The monoisotopic (exact) mass is 479 g/mol. The Bertz CT molecular complexity index is 1230. The molecule has 0 fully saturated rings. The average molecular weight is 480 g/mol. The highest BCUT2D eigenvalue weighted by Crippen LogP contribution is 2.37. The van der Waals surface area contributed by atoms with E-state index in [0.29, 0.717) is 40.5 Å². The molecule has 1 N–H and O–H groups in total. The molecule has 0 aliphatic carbocycles. The van der Waals surface area contributed by atoms with E-state index in [1.54, 1.807) is 39.8 Å². The van der Waals surface area contributed by atoms with Crippen LogP contribution in [-0.2, 0) is 6.42 Å². The molecule has 4 aromatic rings. The maximum atomic E-state index is 5.64. The van der Waals surface area contributed by atoms with Gasteiger partial charge in [-0.2, -0.15) is 0 Å². The molecule has 10 nitrogen and oxygen atoms in total. The molecule has 176 valence electrons. The lowest BCUT2D eigenvalue weighted by Crippen LogP contribution is -2.07. The number of nitrogens with zero attached hydrogens (tertiary/aromatic N) is 6. The van der Waals surface area contributed by atoms with Gasteiger partial charge in [0.2, 0.25) is 11.8 Å². The number of nitrogens with one attached hydrogen (secondary N) is 1. The number of ether oxygens (including phenoxy) is 3. The zero-order valence-electron chi connectivity index (χ0n) is 19.3. The van der Waals surface area contributed by atoms with Crippen molar-refractivity contribution in [2.75, 3.05) is 31.8 Å². The minimum atomic E-state index is 0.474. The fourth-order valence-corrected chi connectivity index (χ4v) is 3.93. The number of aromatic nitrogens is 6. The zero-order valence-corrected chi connectivity index (χ0v) is 20.2. The molecule has 0 saturated heterocycles. The standard InChI is InChI=1S/C23H25N7O3S/c1-15-13-25-16(14-24-15)11-12-34-29-23-28-27-22(17-7-5-10-20(26-17)33-4)30(23)21-18(31-2)8-6-9-19(21)32-3/h5-10,13-14H,11-12H2,1-4H3,(H,28,29). The third-order valence-corrected chi connectivity index (χ3v) is 5.64. The third-order valence-electron chi connectivity index (χ3n) is 4.91. The van der Waals surface area contributed by atoms with Gasteiger partial charge in [-0.05, 0) is 37.1 Å². The summed E-state index contributed by atoms with van der Waals surface area (Å²) in [5, 5.41) is 8.81. The van der Waals surface area contributed by atoms with Crippen molar-refractivity contribution in [1.82, 2.24) is 29.7 Å². The van der Waals surface area contributed by atoms with Crippen LogP contribution in [-0.4, -0.2) is 56.8 Å². The van der Waals surface area contributed by atoms with E-state index in [9.17, 15) is 0 Å². The Balaban J connectivity index is 1.68. The lowest BCUT2D eigenvalue weighted by molar-refractivity contribution is 0.391. The van der Waals surface area contributed by atoms with Crippen molar-refractivity contribution < 1.29 is 14.2 Å². The molecule has 3 heterocycles. The maximum Gasteiger partial charge on any atom is 0.239 e. The van der Waals surface area contributed by atoms with E-state index in [2.05, 4.69) is 29.9 Å². The van der Waals surface area contributed by atoms with Crippen LogP contribution in [0.5, 0.6) is 17.4 Å². The molecule has 0 amide bonds. The van der Waals surface area contributed by atoms with Crippen LogP contribution in [0.2, 0.25) is 0 Å². The van der Waals surface area contributed by atoms with E-state index in [0.717, 1.165) is 23.6 Å². The Morgan fingerprint density at radius 3 is 2.35 bits per heavy atom. The van der Waals surface area contributed by atoms with Gasteiger partial charge in [-0.25, -0.2) is 4.98 Å². The highest BCUT2D eigenvalue weighted by Gasteiger charge is 2.23. The van der Waals surface area contributed by atoms with Crippen molar-refractivity contribution in [2.45, 2.75) is 13.3 Å². The normalized spacial score (nSPS) is 10.7. The number of methoxy groups -OCH3 is 3. The smallest absolute Gasteiger partial charge is 0.239 e. The van der Waals surface area contributed by atoms with Gasteiger partial charge in [0, 0.05) is 30.6 Å². The molecule has 0 aliphatic heterocycles. The molecule has 11 heteroatoms. The molecular weight excluding hydrogens is 454 g/mol. The minimum Gasteiger partial charge on any atom is -0.494 e. The molecule has 0 bridgehead atoms. The Hall–Kier alpha value is -3.86. The second-order valence-corrected chi connectivity index (χ2v) is 8.01. The average Bonchev–Trinajstić information content (AvgIpc) is 3.30. The zero-order chi connectivity index (χ0) is 23.9. The van der Waals surface area contributed by atoms with Crippen LogP contribution in [0.15, 0.2) is 48.8 Å². The van der Waals surface area contributed by atoms with E-state index in [4.69, 9.17) is 14.2 Å². The predicted octanol–water partition coefficient (Wildman–Crippen LogP) is 3.76. The van der Waals surface area contributed by atoms with E-state index in [1.165, 1.54) is 11.9 Å². The van der Waals surface area contributed by atoms with Crippen LogP contribution in [0.4, 0.5) is 5.95 Å². The number of hydrogen-bond donors (Lipinski definition) is 1. The van der Waals surface area contributed by atoms with Crippen LogP contribution in [0.25, 0.3) is 17.2 Å². The second kappa shape index (κ2) is 10.8. The first-order chi connectivity index (χ1) is 16.6. The highest BCUT2D eigenvalue weighted by molar-refractivity contribution is 8.00. The largest absolute Gasteiger partial charge is 0.494 e. The number of rotatable bonds is 10. The van der Waals surface area contributed by atoms with E-state index >= 15 is 0 Å². The van der Waals surface area contributed by atoms with Crippen molar-refractivity contribution in [1.29, 1.82) is 0 Å². The number of benzene rings is 1. The van der Waals surface area contributed by atoms with Crippen LogP contribution in [0, 0.1) is 6.92 Å². The summed E-state index contributed by atoms with van der Waals surface area (Å²) >= 11 is 1.49. The van der Waals surface area contributed by atoms with Crippen molar-refractivity contribution >= 4 is 17.9 Å². The highest BCUT2D eigenvalue weighted by atomic mass is 32.2. The van der Waals surface area contributed by atoms with E-state index in [1.807, 2.05) is 41.8 Å². The van der Waals surface area contributed by atoms with Crippen molar-refractivity contribution in [3.63, 3.8) is 0 Å².